The van der Waals surface area contributed by atoms with Gasteiger partial charge in [-0.15, -0.1) is 40.1 Å². The van der Waals surface area contributed by atoms with Gasteiger partial charge in [0.1, 0.15) is 0 Å². The molecule has 8 rings (SSSR count). The second-order valence-electron chi connectivity index (χ2n) is 11.1. The van der Waals surface area contributed by atoms with Crippen LogP contribution in [0.3, 0.4) is 0 Å². The molecule has 0 aromatic heterocycles. The minimum absolute atomic E-state index is 0. The molecule has 0 unspecified atom stereocenters. The third-order valence-electron chi connectivity index (χ3n) is 8.05. The molecule has 1 aliphatic rings. The van der Waals surface area contributed by atoms with Crippen molar-refractivity contribution in [2.24, 2.45) is 0 Å². The van der Waals surface area contributed by atoms with Crippen molar-refractivity contribution in [2.45, 2.75) is 14.0 Å². The van der Waals surface area contributed by atoms with E-state index in [9.17, 15) is 0 Å². The van der Waals surface area contributed by atoms with Gasteiger partial charge in [-0.2, -0.15) is 6.08 Å². The standard InChI is InChI=1S/C21H13.C15H8Cl6.C5H5.2ClH.Zr/c1-2-8-15-14(7-1)13-20-18-11-4-3-9-16(18)17-10-5-6-12-19(17)21(15)20;16-14(17,18)12-5-1-3-10(8-12)7-11-4-2-6-13(9-11)15(19,20)21;1-2-4-5-3-1;;;/h1-13H;1-6,8-9H;1-3H,4H2;2*1H;/q-1;;-1;;;+2/p-2. The topological polar surface area (TPSA) is 0 Å². The van der Waals surface area contributed by atoms with Crippen LogP contribution in [0.15, 0.2) is 146 Å². The van der Waals surface area contributed by atoms with Crippen LogP contribution in [0.4, 0.5) is 0 Å². The van der Waals surface area contributed by atoms with E-state index in [1.165, 1.54) is 67.3 Å². The normalized spacial score (nSPS) is 12.2. The van der Waals surface area contributed by atoms with Crippen LogP contribution in [0.2, 0.25) is 0 Å². The van der Waals surface area contributed by atoms with Crippen LogP contribution in [0.5, 0.6) is 0 Å². The summed E-state index contributed by atoms with van der Waals surface area (Å²) in [6.07, 6.45) is 10.0. The van der Waals surface area contributed by atoms with Gasteiger partial charge in [0.05, 0.1) is 0 Å². The summed E-state index contributed by atoms with van der Waals surface area (Å²) in [7, 11) is 0. The maximum absolute atomic E-state index is 5.94. The van der Waals surface area contributed by atoms with Crippen molar-refractivity contribution in [1.82, 2.24) is 0 Å². The Morgan fingerprint density at radius 1 is 0.580 bits per heavy atom. The van der Waals surface area contributed by atoms with Gasteiger partial charge < -0.3 is 24.8 Å². The molecule has 252 valence electrons. The molecule has 0 spiro atoms. The molecular weight excluding hydrogens is 867 g/mol. The van der Waals surface area contributed by atoms with Gasteiger partial charge in [-0.1, -0.05) is 77.5 Å². The Kier molecular flexibility index (Phi) is 14.7. The summed E-state index contributed by atoms with van der Waals surface area (Å²) in [6, 6.07) is 43.4. The second kappa shape index (κ2) is 17.9. The van der Waals surface area contributed by atoms with E-state index >= 15 is 0 Å². The third-order valence-corrected chi connectivity index (χ3v) is 10.8. The van der Waals surface area contributed by atoms with Gasteiger partial charge in [0.15, 0.2) is 0 Å². The van der Waals surface area contributed by atoms with Gasteiger partial charge in [0.25, 0.3) is 0 Å². The number of halogens is 8. The van der Waals surface area contributed by atoms with E-state index in [2.05, 4.69) is 91.0 Å². The van der Waals surface area contributed by atoms with Crippen LogP contribution in [0.1, 0.15) is 28.7 Å². The van der Waals surface area contributed by atoms with Gasteiger partial charge in [-0.3, -0.25) is 6.08 Å². The Morgan fingerprint density at radius 2 is 1.06 bits per heavy atom. The molecule has 9 heteroatoms. The smallest absolute Gasteiger partial charge is 0.0255 e. The van der Waals surface area contributed by atoms with Crippen molar-refractivity contribution in [3.63, 3.8) is 0 Å². The van der Waals surface area contributed by atoms with E-state index in [1.807, 2.05) is 48.6 Å². The summed E-state index contributed by atoms with van der Waals surface area (Å²) < 4.78 is -1.82. The number of hydrogen-bond donors (Lipinski definition) is 0. The van der Waals surface area contributed by atoms with E-state index in [1.54, 1.807) is 12.1 Å². The maximum Gasteiger partial charge on any atom is -0.0255 e. The predicted molar refractivity (Wildman–Crippen MR) is 208 cm³/mol. The van der Waals surface area contributed by atoms with E-state index in [4.69, 9.17) is 69.6 Å². The molecule has 0 fully saturated rings. The van der Waals surface area contributed by atoms with Crippen molar-refractivity contribution in [2.75, 3.05) is 0 Å². The van der Waals surface area contributed by atoms with E-state index in [-0.39, 0.29) is 24.8 Å². The van der Waals surface area contributed by atoms with Crippen molar-refractivity contribution in [1.29, 1.82) is 0 Å². The van der Waals surface area contributed by atoms with Gasteiger partial charge in [0.2, 0.25) is 0 Å². The quantitative estimate of drug-likeness (QED) is 0.0946. The number of rotatable bonds is 2. The molecule has 0 radical (unpaired) electrons. The molecule has 0 nitrogen and oxygen atoms in total. The van der Waals surface area contributed by atoms with Crippen LogP contribution in [-0.4, -0.2) is 3.21 Å². The molecule has 0 bridgehead atoms. The molecular formula is C41H26Cl8Zr-2. The second-order valence-corrected chi connectivity index (χ2v) is 16.9. The SMILES string of the molecule is ClC(Cl)(Cl)c1cccc([C](=[Zr+2])c2cccc(C(Cl)(Cl)Cl)c2)c1.[C-]1=CC=CC1.[Cl-].[Cl-].c1ccc2c(c1)[cH-]c1c3ccccc3c3ccccc3c21. The minimum Gasteiger partial charge on any atom is -1.00 e. The van der Waals surface area contributed by atoms with Crippen LogP contribution in [0.25, 0.3) is 43.1 Å². The summed E-state index contributed by atoms with van der Waals surface area (Å²) in [6.45, 7) is 0. The van der Waals surface area contributed by atoms with Crippen molar-refractivity contribution in [3.05, 3.63) is 174 Å². The Hall–Kier alpha value is -1.74. The minimum atomic E-state index is -1.45. The fourth-order valence-corrected chi connectivity index (χ4v) is 7.29. The first-order valence-electron chi connectivity index (χ1n) is 15.1. The summed E-state index contributed by atoms with van der Waals surface area (Å²) in [5.41, 5.74) is 3.19. The molecule has 50 heavy (non-hydrogen) atoms. The monoisotopic (exact) mass is 888 g/mol. The van der Waals surface area contributed by atoms with Crippen LogP contribution >= 0.6 is 69.6 Å². The summed E-state index contributed by atoms with van der Waals surface area (Å²) in [4.78, 5) is 0. The molecule has 0 saturated carbocycles. The van der Waals surface area contributed by atoms with Gasteiger partial charge in [-0.05, 0) is 10.8 Å². The molecule has 7 aromatic carbocycles. The number of hydrogen-bond acceptors (Lipinski definition) is 0. The summed E-state index contributed by atoms with van der Waals surface area (Å²) >= 11 is 36.9. The van der Waals surface area contributed by atoms with E-state index in [0.29, 0.717) is 11.1 Å². The first-order chi connectivity index (χ1) is 23.0. The van der Waals surface area contributed by atoms with Crippen molar-refractivity contribution < 1.29 is 49.0 Å². The van der Waals surface area contributed by atoms with E-state index in [0.717, 1.165) is 20.8 Å². The fourth-order valence-electron chi connectivity index (χ4n) is 5.82. The predicted octanol–water partition coefficient (Wildman–Crippen LogP) is 7.79. The number of fused-ring (bicyclic) bond motifs is 8. The van der Waals surface area contributed by atoms with Crippen LogP contribution < -0.4 is 24.8 Å². The molecule has 0 amide bonds. The Labute approximate surface area is 349 Å². The van der Waals surface area contributed by atoms with Crippen LogP contribution in [-0.2, 0) is 31.8 Å². The zero-order valence-corrected chi connectivity index (χ0v) is 34.6. The number of benzene rings is 6. The van der Waals surface area contributed by atoms with E-state index < -0.39 is 7.59 Å². The maximum atomic E-state index is 5.94. The Balaban J connectivity index is 0.000000190. The summed E-state index contributed by atoms with van der Waals surface area (Å²) in [5, 5.41) is 10.8. The first-order valence-corrected chi connectivity index (χ1v) is 18.5. The Morgan fingerprint density at radius 3 is 1.54 bits per heavy atom. The molecule has 0 N–H and O–H groups in total. The molecule has 1 aliphatic carbocycles. The largest absolute Gasteiger partial charge is 1.00 e. The first kappa shape index (κ1) is 41.0. The van der Waals surface area contributed by atoms with Gasteiger partial charge in [0, 0.05) is 0 Å². The molecule has 0 aliphatic heterocycles. The van der Waals surface area contributed by atoms with Gasteiger partial charge in [-0.25, -0.2) is 12.2 Å². The van der Waals surface area contributed by atoms with Gasteiger partial charge >= 0.3 is 175 Å². The fraction of sp³-hybridized carbons (Fsp3) is 0.0732. The summed E-state index contributed by atoms with van der Waals surface area (Å²) in [5.74, 6) is 0. The number of alkyl halides is 6. The zero-order valence-electron chi connectivity index (χ0n) is 26.1. The zero-order chi connectivity index (χ0) is 33.9. The van der Waals surface area contributed by atoms with Crippen LogP contribution in [0, 0.1) is 6.08 Å². The molecule has 7 aromatic rings. The average molecular weight is 894 g/mol. The molecule has 0 saturated heterocycles. The molecule has 0 atom stereocenters. The Bertz CT molecular complexity index is 2250. The average Bonchev–Trinajstić information content (AvgIpc) is 3.81. The van der Waals surface area contributed by atoms with Crippen molar-refractivity contribution in [3.8, 4) is 0 Å². The third kappa shape index (κ3) is 9.43. The number of allylic oxidation sites excluding steroid dienone is 4. The molecule has 0 heterocycles. The van der Waals surface area contributed by atoms with Crippen molar-refractivity contribution >= 4 is 116 Å².